The van der Waals surface area contributed by atoms with Crippen molar-refractivity contribution in [3.63, 3.8) is 0 Å². The first kappa shape index (κ1) is 23.1. The van der Waals surface area contributed by atoms with Crippen LogP contribution in [0.2, 0.25) is 0 Å². The monoisotopic (exact) mass is 456 g/mol. The third-order valence-corrected chi connectivity index (χ3v) is 7.03. The standard InChI is InChI=1S/C21H23F3N2O4S/c1-16-6-2-4-8-18(16)30-15-10-20(27)25-11-13-26(14-12-25)31(28,29)19-9-5-3-7-17(19)21(22,23)24/h2-9H,10-15H2,1H3. The fraction of sp³-hybridized carbons (Fsp3) is 0.381. The zero-order chi connectivity index (χ0) is 22.6. The average Bonchev–Trinajstić information content (AvgIpc) is 2.74. The van der Waals surface area contributed by atoms with Gasteiger partial charge in [0.15, 0.2) is 0 Å². The predicted molar refractivity (Wildman–Crippen MR) is 108 cm³/mol. The topological polar surface area (TPSA) is 66.9 Å². The number of sulfonamides is 1. The Morgan fingerprint density at radius 3 is 2.26 bits per heavy atom. The van der Waals surface area contributed by atoms with Crippen molar-refractivity contribution in [3.05, 3.63) is 59.7 Å². The van der Waals surface area contributed by atoms with Crippen LogP contribution in [0, 0.1) is 6.92 Å². The van der Waals surface area contributed by atoms with Gasteiger partial charge in [-0.3, -0.25) is 4.79 Å². The molecule has 0 saturated carbocycles. The third-order valence-electron chi connectivity index (χ3n) is 5.07. The lowest BCUT2D eigenvalue weighted by molar-refractivity contribution is -0.139. The maximum atomic E-state index is 13.2. The van der Waals surface area contributed by atoms with Gasteiger partial charge in [0.05, 0.1) is 23.5 Å². The number of piperazine rings is 1. The molecule has 1 heterocycles. The van der Waals surface area contributed by atoms with E-state index >= 15 is 0 Å². The number of ether oxygens (including phenoxy) is 1. The van der Waals surface area contributed by atoms with Gasteiger partial charge in [-0.05, 0) is 30.7 Å². The number of para-hydroxylation sites is 1. The predicted octanol–water partition coefficient (Wildman–Crippen LogP) is 3.32. The minimum absolute atomic E-state index is 0.0705. The van der Waals surface area contributed by atoms with Crippen LogP contribution < -0.4 is 4.74 Å². The number of rotatable bonds is 6. The van der Waals surface area contributed by atoms with E-state index in [9.17, 15) is 26.4 Å². The van der Waals surface area contributed by atoms with Crippen LogP contribution in [0.4, 0.5) is 13.2 Å². The fourth-order valence-electron chi connectivity index (χ4n) is 3.37. The second-order valence-corrected chi connectivity index (χ2v) is 9.05. The first-order chi connectivity index (χ1) is 14.6. The number of hydrogen-bond acceptors (Lipinski definition) is 4. The fourth-order valence-corrected chi connectivity index (χ4v) is 5.00. The van der Waals surface area contributed by atoms with Crippen molar-refractivity contribution in [2.45, 2.75) is 24.4 Å². The number of amides is 1. The second-order valence-electron chi connectivity index (χ2n) is 7.14. The molecule has 0 unspecified atom stereocenters. The van der Waals surface area contributed by atoms with E-state index in [1.54, 1.807) is 0 Å². The number of halogens is 3. The molecular weight excluding hydrogens is 433 g/mol. The largest absolute Gasteiger partial charge is 0.493 e. The maximum Gasteiger partial charge on any atom is 0.417 e. The van der Waals surface area contributed by atoms with Crippen LogP contribution in [0.3, 0.4) is 0 Å². The summed E-state index contributed by atoms with van der Waals surface area (Å²) >= 11 is 0. The number of carbonyl (C=O) groups excluding carboxylic acids is 1. The summed E-state index contributed by atoms with van der Waals surface area (Å²) in [5.41, 5.74) is -0.241. The summed E-state index contributed by atoms with van der Waals surface area (Å²) in [7, 11) is -4.33. The Labute approximate surface area is 179 Å². The zero-order valence-electron chi connectivity index (χ0n) is 16.9. The summed E-state index contributed by atoms with van der Waals surface area (Å²) < 4.78 is 71.9. The lowest BCUT2D eigenvalue weighted by Crippen LogP contribution is -2.50. The molecule has 0 spiro atoms. The smallest absolute Gasteiger partial charge is 0.417 e. The molecule has 0 radical (unpaired) electrons. The molecular formula is C21H23F3N2O4S. The average molecular weight is 456 g/mol. The van der Waals surface area contributed by atoms with Gasteiger partial charge in [-0.25, -0.2) is 8.42 Å². The summed E-state index contributed by atoms with van der Waals surface area (Å²) in [6, 6.07) is 11.5. The van der Waals surface area contributed by atoms with Gasteiger partial charge in [0.2, 0.25) is 15.9 Å². The summed E-state index contributed by atoms with van der Waals surface area (Å²) in [4.78, 5) is 13.1. The maximum absolute atomic E-state index is 13.2. The molecule has 0 N–H and O–H groups in total. The van der Waals surface area contributed by atoms with E-state index in [1.807, 2.05) is 31.2 Å². The number of alkyl halides is 3. The van der Waals surface area contributed by atoms with Crippen molar-refractivity contribution in [3.8, 4) is 5.75 Å². The highest BCUT2D eigenvalue weighted by Gasteiger charge is 2.39. The molecule has 6 nitrogen and oxygen atoms in total. The van der Waals surface area contributed by atoms with Crippen molar-refractivity contribution in [1.29, 1.82) is 0 Å². The van der Waals surface area contributed by atoms with Crippen molar-refractivity contribution in [1.82, 2.24) is 9.21 Å². The summed E-state index contributed by atoms with van der Waals surface area (Å²) in [5.74, 6) is 0.496. The Hall–Kier alpha value is -2.59. The molecule has 0 aromatic heterocycles. The zero-order valence-corrected chi connectivity index (χ0v) is 17.7. The van der Waals surface area contributed by atoms with Gasteiger partial charge in [-0.1, -0.05) is 30.3 Å². The molecule has 1 aliphatic heterocycles. The minimum atomic E-state index is -4.78. The highest BCUT2D eigenvalue weighted by molar-refractivity contribution is 7.89. The van der Waals surface area contributed by atoms with Gasteiger partial charge in [0, 0.05) is 26.2 Å². The molecule has 1 aliphatic rings. The molecule has 0 bridgehead atoms. The molecule has 1 fully saturated rings. The first-order valence-electron chi connectivity index (χ1n) is 9.73. The van der Waals surface area contributed by atoms with Crippen molar-refractivity contribution in [2.24, 2.45) is 0 Å². The second kappa shape index (κ2) is 9.27. The molecule has 2 aromatic rings. The normalized spacial score (nSPS) is 15.7. The van der Waals surface area contributed by atoms with E-state index in [4.69, 9.17) is 4.74 Å². The van der Waals surface area contributed by atoms with Crippen molar-refractivity contribution in [2.75, 3.05) is 32.8 Å². The number of aryl methyl sites for hydroxylation is 1. The third kappa shape index (κ3) is 5.37. The van der Waals surface area contributed by atoms with Crippen molar-refractivity contribution >= 4 is 15.9 Å². The minimum Gasteiger partial charge on any atom is -0.493 e. The van der Waals surface area contributed by atoms with Gasteiger partial charge in [-0.15, -0.1) is 0 Å². The van der Waals surface area contributed by atoms with Crippen LogP contribution in [-0.4, -0.2) is 56.3 Å². The lowest BCUT2D eigenvalue weighted by atomic mass is 10.2. The van der Waals surface area contributed by atoms with Gasteiger partial charge in [0.1, 0.15) is 5.75 Å². The molecule has 0 atom stereocenters. The molecule has 168 valence electrons. The summed E-state index contributed by atoms with van der Waals surface area (Å²) in [6.07, 6.45) is -4.66. The van der Waals surface area contributed by atoms with Gasteiger partial charge >= 0.3 is 6.18 Å². The van der Waals surface area contributed by atoms with Gasteiger partial charge in [0.25, 0.3) is 0 Å². The van der Waals surface area contributed by atoms with E-state index in [2.05, 4.69) is 0 Å². The molecule has 3 rings (SSSR count). The molecule has 10 heteroatoms. The van der Waals surface area contributed by atoms with Gasteiger partial charge < -0.3 is 9.64 Å². The van der Waals surface area contributed by atoms with E-state index in [0.717, 1.165) is 28.1 Å². The van der Waals surface area contributed by atoms with E-state index in [-0.39, 0.29) is 45.1 Å². The van der Waals surface area contributed by atoms with Crippen LogP contribution >= 0.6 is 0 Å². The SMILES string of the molecule is Cc1ccccc1OCCC(=O)N1CCN(S(=O)(=O)c2ccccc2C(F)(F)F)CC1. The van der Waals surface area contributed by atoms with Gasteiger partial charge in [-0.2, -0.15) is 17.5 Å². The van der Waals surface area contributed by atoms with Crippen LogP contribution in [0.25, 0.3) is 0 Å². The van der Waals surface area contributed by atoms with E-state index < -0.39 is 26.7 Å². The molecule has 2 aromatic carbocycles. The first-order valence-corrected chi connectivity index (χ1v) is 11.2. The Balaban J connectivity index is 1.58. The summed E-state index contributed by atoms with van der Waals surface area (Å²) in [5, 5.41) is 0. The highest BCUT2D eigenvalue weighted by Crippen LogP contribution is 2.35. The van der Waals surface area contributed by atoms with Crippen LogP contribution in [-0.2, 0) is 21.0 Å². The van der Waals surface area contributed by atoms with E-state index in [0.29, 0.717) is 5.75 Å². The Morgan fingerprint density at radius 2 is 1.61 bits per heavy atom. The van der Waals surface area contributed by atoms with Crippen molar-refractivity contribution < 1.29 is 31.1 Å². The number of benzene rings is 2. The Kier molecular flexibility index (Phi) is 6.90. The van der Waals surface area contributed by atoms with Crippen LogP contribution in [0.15, 0.2) is 53.4 Å². The van der Waals surface area contributed by atoms with Crippen LogP contribution in [0.5, 0.6) is 5.75 Å². The Bertz CT molecular complexity index is 1030. The number of hydrogen-bond donors (Lipinski definition) is 0. The quantitative estimate of drug-likeness (QED) is 0.669. The van der Waals surface area contributed by atoms with E-state index in [1.165, 1.54) is 11.0 Å². The molecule has 1 saturated heterocycles. The summed E-state index contributed by atoms with van der Waals surface area (Å²) in [6.45, 7) is 2.15. The molecule has 31 heavy (non-hydrogen) atoms. The molecule has 0 aliphatic carbocycles. The Morgan fingerprint density at radius 1 is 1.00 bits per heavy atom. The number of carbonyl (C=O) groups is 1. The molecule has 1 amide bonds. The lowest BCUT2D eigenvalue weighted by Gasteiger charge is -2.34. The highest BCUT2D eigenvalue weighted by atomic mass is 32.2. The van der Waals surface area contributed by atoms with Crippen LogP contribution in [0.1, 0.15) is 17.5 Å². The number of nitrogens with zero attached hydrogens (tertiary/aromatic N) is 2.